The molecule has 0 aliphatic carbocycles. The number of halogens is 3. The van der Waals surface area contributed by atoms with Crippen LogP contribution in [0.3, 0.4) is 0 Å². The fraction of sp³-hybridized carbons (Fsp3) is 0.324. The summed E-state index contributed by atoms with van der Waals surface area (Å²) in [5.41, 5.74) is 5.43. The first kappa shape index (κ1) is 32.9. The molecule has 5 rings (SSSR count). The number of aryl methyl sites for hydroxylation is 1. The van der Waals surface area contributed by atoms with Gasteiger partial charge in [-0.25, -0.2) is 14.5 Å². The maximum Gasteiger partial charge on any atom is 0.393 e. The van der Waals surface area contributed by atoms with E-state index in [-0.39, 0.29) is 35.1 Å². The van der Waals surface area contributed by atoms with E-state index in [1.54, 1.807) is 17.0 Å². The van der Waals surface area contributed by atoms with Crippen LogP contribution in [0.1, 0.15) is 61.8 Å². The predicted molar refractivity (Wildman–Crippen MR) is 176 cm³/mol. The Morgan fingerprint density at radius 2 is 1.72 bits per heavy atom. The van der Waals surface area contributed by atoms with Gasteiger partial charge in [-0.15, -0.1) is 5.10 Å². The van der Waals surface area contributed by atoms with Crippen LogP contribution in [0, 0.1) is 6.92 Å². The maximum absolute atomic E-state index is 13.0. The smallest absolute Gasteiger partial charge is 0.333 e. The van der Waals surface area contributed by atoms with Crippen molar-refractivity contribution in [3.8, 4) is 17.1 Å². The van der Waals surface area contributed by atoms with Crippen molar-refractivity contribution in [3.05, 3.63) is 95.3 Å². The number of hydrogen-bond acceptors (Lipinski definition) is 5. The Morgan fingerprint density at radius 1 is 1.02 bits per heavy atom. The molecule has 2 heterocycles. The number of hydrogen-bond donors (Lipinski definition) is 1. The van der Waals surface area contributed by atoms with Crippen LogP contribution in [0.5, 0.6) is 0 Å². The van der Waals surface area contributed by atoms with Crippen LogP contribution in [-0.4, -0.2) is 49.8 Å². The third kappa shape index (κ3) is 7.50. The molecule has 12 heteroatoms. The summed E-state index contributed by atoms with van der Waals surface area (Å²) in [6, 6.07) is 18.7. The molecule has 0 radical (unpaired) electrons. The number of anilines is 1. The number of benzene rings is 3. The second-order valence-electron chi connectivity index (χ2n) is 11.7. The standard InChI is InChI=1S/C34H35F3N6O2S/c1-20(2)30-21(3)7-6-8-28(30)43-29(44)18-46-33(43)40-32(45)39-23(5)22(4)25-11-13-26(14-12-25)31-38-19-42(41-31)27-15-9-24(10-16-27)17-34(35,36)37/h6-16,19-20,22-23H,17-18H2,1-5H3,(H,39,45)/b40-33-. The van der Waals surface area contributed by atoms with Gasteiger partial charge >= 0.3 is 12.2 Å². The monoisotopic (exact) mass is 648 g/mol. The van der Waals surface area contributed by atoms with Crippen molar-refractivity contribution >= 4 is 34.6 Å². The second kappa shape index (κ2) is 13.5. The number of amidine groups is 1. The normalized spacial score (nSPS) is 15.9. The van der Waals surface area contributed by atoms with Gasteiger partial charge in [0.05, 0.1) is 23.5 Å². The van der Waals surface area contributed by atoms with Gasteiger partial charge in [0.15, 0.2) is 11.0 Å². The summed E-state index contributed by atoms with van der Waals surface area (Å²) in [6.45, 7) is 10.1. The lowest BCUT2D eigenvalue weighted by molar-refractivity contribution is -0.127. The van der Waals surface area contributed by atoms with Crippen molar-refractivity contribution in [3.63, 3.8) is 0 Å². The van der Waals surface area contributed by atoms with Gasteiger partial charge in [0, 0.05) is 17.5 Å². The highest BCUT2D eigenvalue weighted by Gasteiger charge is 2.33. The van der Waals surface area contributed by atoms with Crippen LogP contribution >= 0.6 is 11.8 Å². The molecule has 1 aliphatic heterocycles. The van der Waals surface area contributed by atoms with Crippen LogP contribution in [0.2, 0.25) is 0 Å². The van der Waals surface area contributed by atoms with Crippen molar-refractivity contribution in [2.45, 2.75) is 65.1 Å². The minimum Gasteiger partial charge on any atom is -0.333 e. The SMILES string of the molecule is Cc1cccc(N2C(=O)CS/C2=N\C(=O)NC(C)C(C)c2ccc(-c3ncn(-c4ccc(CC(F)(F)F)cc4)n3)cc2)c1C(C)C. The van der Waals surface area contributed by atoms with Gasteiger partial charge in [0.2, 0.25) is 5.91 Å². The zero-order chi connectivity index (χ0) is 33.2. The molecule has 8 nitrogen and oxygen atoms in total. The van der Waals surface area contributed by atoms with E-state index in [4.69, 9.17) is 0 Å². The van der Waals surface area contributed by atoms with E-state index in [9.17, 15) is 22.8 Å². The summed E-state index contributed by atoms with van der Waals surface area (Å²) in [7, 11) is 0. The van der Waals surface area contributed by atoms with Gasteiger partial charge < -0.3 is 5.32 Å². The molecule has 0 bridgehead atoms. The number of aromatic nitrogens is 3. The van der Waals surface area contributed by atoms with Gasteiger partial charge in [0.25, 0.3) is 0 Å². The largest absolute Gasteiger partial charge is 0.393 e. The number of amides is 3. The topological polar surface area (TPSA) is 92.5 Å². The van der Waals surface area contributed by atoms with Gasteiger partial charge in [-0.05, 0) is 60.2 Å². The highest BCUT2D eigenvalue weighted by atomic mass is 32.2. The van der Waals surface area contributed by atoms with Crippen molar-refractivity contribution in [2.75, 3.05) is 10.7 Å². The number of thioether (sulfide) groups is 1. The number of urea groups is 1. The van der Waals surface area contributed by atoms with E-state index in [0.29, 0.717) is 16.7 Å². The molecule has 46 heavy (non-hydrogen) atoms. The van der Waals surface area contributed by atoms with Crippen molar-refractivity contribution < 1.29 is 22.8 Å². The molecule has 0 saturated carbocycles. The van der Waals surface area contributed by atoms with Crippen LogP contribution in [-0.2, 0) is 11.2 Å². The molecule has 2 atom stereocenters. The number of alkyl halides is 3. The van der Waals surface area contributed by atoms with Crippen LogP contribution in [0.4, 0.5) is 23.7 Å². The number of carbonyl (C=O) groups is 2. The Labute approximate surface area is 270 Å². The summed E-state index contributed by atoms with van der Waals surface area (Å²) in [4.78, 5) is 36.1. The zero-order valence-corrected chi connectivity index (χ0v) is 27.0. The summed E-state index contributed by atoms with van der Waals surface area (Å²) in [6.07, 6.45) is -3.73. The molecule has 1 aliphatic rings. The van der Waals surface area contributed by atoms with Crippen LogP contribution in [0.25, 0.3) is 17.1 Å². The highest BCUT2D eigenvalue weighted by Crippen LogP contribution is 2.35. The minimum absolute atomic E-state index is 0.0581. The third-order valence-corrected chi connectivity index (χ3v) is 8.90. The first-order valence-corrected chi connectivity index (χ1v) is 15.9. The molecule has 1 saturated heterocycles. The maximum atomic E-state index is 13.0. The summed E-state index contributed by atoms with van der Waals surface area (Å²) < 4.78 is 39.5. The Hall–Kier alpha value is -4.45. The fourth-order valence-corrected chi connectivity index (χ4v) is 6.33. The van der Waals surface area contributed by atoms with Crippen LogP contribution < -0.4 is 10.2 Å². The average Bonchev–Trinajstić information content (AvgIpc) is 3.63. The molecule has 3 amide bonds. The lowest BCUT2D eigenvalue weighted by Gasteiger charge is -2.24. The lowest BCUT2D eigenvalue weighted by atomic mass is 9.93. The third-order valence-electron chi connectivity index (χ3n) is 7.98. The molecule has 1 N–H and O–H groups in total. The molecule has 2 unspecified atom stereocenters. The molecule has 3 aromatic carbocycles. The number of rotatable bonds is 8. The highest BCUT2D eigenvalue weighted by molar-refractivity contribution is 8.15. The summed E-state index contributed by atoms with van der Waals surface area (Å²) >= 11 is 1.25. The fourth-order valence-electron chi connectivity index (χ4n) is 5.47. The lowest BCUT2D eigenvalue weighted by Crippen LogP contribution is -2.36. The number of nitrogens with zero attached hydrogens (tertiary/aromatic N) is 5. The van der Waals surface area contributed by atoms with E-state index in [1.807, 2.05) is 63.2 Å². The number of aliphatic imine (C=N–C) groups is 1. The van der Waals surface area contributed by atoms with Crippen molar-refractivity contribution in [2.24, 2.45) is 4.99 Å². The first-order chi connectivity index (χ1) is 21.8. The van der Waals surface area contributed by atoms with E-state index in [1.165, 1.54) is 34.9 Å². The minimum atomic E-state index is -4.26. The molecule has 240 valence electrons. The quantitative estimate of drug-likeness (QED) is 0.210. The van der Waals surface area contributed by atoms with Crippen LogP contribution in [0.15, 0.2) is 78.0 Å². The molecular formula is C34H35F3N6O2S. The van der Waals surface area contributed by atoms with E-state index < -0.39 is 18.6 Å². The number of carbonyl (C=O) groups excluding carboxylic acids is 2. The van der Waals surface area contributed by atoms with E-state index in [2.05, 4.69) is 34.2 Å². The number of nitrogens with one attached hydrogen (secondary N) is 1. The Balaban J connectivity index is 1.24. The summed E-state index contributed by atoms with van der Waals surface area (Å²) in [5, 5.41) is 7.81. The molecule has 4 aromatic rings. The van der Waals surface area contributed by atoms with Crippen molar-refractivity contribution in [1.82, 2.24) is 20.1 Å². The predicted octanol–water partition coefficient (Wildman–Crippen LogP) is 7.81. The van der Waals surface area contributed by atoms with E-state index in [0.717, 1.165) is 27.9 Å². The first-order valence-electron chi connectivity index (χ1n) is 14.9. The van der Waals surface area contributed by atoms with Gasteiger partial charge in [-0.2, -0.15) is 18.2 Å². The molecule has 0 spiro atoms. The molecule has 1 aromatic heterocycles. The zero-order valence-electron chi connectivity index (χ0n) is 26.2. The second-order valence-corrected chi connectivity index (χ2v) is 12.6. The van der Waals surface area contributed by atoms with E-state index >= 15 is 0 Å². The average molecular weight is 649 g/mol. The van der Waals surface area contributed by atoms with Gasteiger partial charge in [-0.3, -0.25) is 9.69 Å². The molecule has 1 fully saturated rings. The van der Waals surface area contributed by atoms with Crippen molar-refractivity contribution in [1.29, 1.82) is 0 Å². The Kier molecular flexibility index (Phi) is 9.66. The Bertz CT molecular complexity index is 1750. The molecular weight excluding hydrogens is 613 g/mol. The van der Waals surface area contributed by atoms with Gasteiger partial charge in [0.1, 0.15) is 6.33 Å². The summed E-state index contributed by atoms with van der Waals surface area (Å²) in [5.74, 6) is 0.714. The van der Waals surface area contributed by atoms with Gasteiger partial charge in [-0.1, -0.05) is 81.1 Å². The Morgan fingerprint density at radius 3 is 2.37 bits per heavy atom.